The van der Waals surface area contributed by atoms with E-state index in [2.05, 4.69) is 25.2 Å². The number of aliphatic hydroxyl groups excluding tert-OH is 1. The SMILES string of the molecule is CC1(C)CSCC(C#N)(NCCCO)C1. The fourth-order valence-corrected chi connectivity index (χ4v) is 3.43. The van der Waals surface area contributed by atoms with Gasteiger partial charge in [0.2, 0.25) is 0 Å². The summed E-state index contributed by atoms with van der Waals surface area (Å²) < 4.78 is 0. The molecule has 0 amide bonds. The fourth-order valence-electron chi connectivity index (χ4n) is 2.05. The molecule has 1 fully saturated rings. The lowest BCUT2D eigenvalue weighted by Gasteiger charge is -2.40. The number of rotatable bonds is 4. The van der Waals surface area contributed by atoms with E-state index in [0.717, 1.165) is 24.5 Å². The van der Waals surface area contributed by atoms with Gasteiger partial charge in [-0.15, -0.1) is 0 Å². The van der Waals surface area contributed by atoms with Gasteiger partial charge in [-0.2, -0.15) is 17.0 Å². The molecule has 1 atom stereocenters. The van der Waals surface area contributed by atoms with Crippen molar-refractivity contribution >= 4 is 11.8 Å². The zero-order valence-corrected chi connectivity index (χ0v) is 10.4. The Balaban J connectivity index is 2.56. The van der Waals surface area contributed by atoms with Gasteiger partial charge in [0.1, 0.15) is 5.54 Å². The topological polar surface area (TPSA) is 56.0 Å². The van der Waals surface area contributed by atoms with Gasteiger partial charge in [-0.1, -0.05) is 13.8 Å². The number of nitrogens with zero attached hydrogens (tertiary/aromatic N) is 1. The fraction of sp³-hybridized carbons (Fsp3) is 0.909. The molecule has 3 nitrogen and oxygen atoms in total. The molecule has 1 aliphatic rings. The quantitative estimate of drug-likeness (QED) is 0.714. The molecule has 0 saturated carbocycles. The van der Waals surface area contributed by atoms with Gasteiger partial charge in [-0.25, -0.2) is 0 Å². The van der Waals surface area contributed by atoms with Crippen molar-refractivity contribution in [2.45, 2.75) is 32.2 Å². The van der Waals surface area contributed by atoms with Crippen molar-refractivity contribution in [3.8, 4) is 6.07 Å². The number of aliphatic hydroxyl groups is 1. The number of thioether (sulfide) groups is 1. The third-order valence-electron chi connectivity index (χ3n) is 2.63. The van der Waals surface area contributed by atoms with E-state index in [0.29, 0.717) is 6.42 Å². The molecule has 4 heteroatoms. The van der Waals surface area contributed by atoms with Crippen molar-refractivity contribution in [1.82, 2.24) is 5.32 Å². The molecule has 1 rings (SSSR count). The van der Waals surface area contributed by atoms with Crippen LogP contribution in [0.2, 0.25) is 0 Å². The summed E-state index contributed by atoms with van der Waals surface area (Å²) in [5.74, 6) is 1.98. The van der Waals surface area contributed by atoms with Crippen LogP contribution in [-0.2, 0) is 0 Å². The third-order valence-corrected chi connectivity index (χ3v) is 4.32. The van der Waals surface area contributed by atoms with Crippen LogP contribution in [0.3, 0.4) is 0 Å². The lowest BCUT2D eigenvalue weighted by atomic mass is 9.80. The molecule has 86 valence electrons. The van der Waals surface area contributed by atoms with Crippen LogP contribution < -0.4 is 5.32 Å². The molecular weight excluding hydrogens is 208 g/mol. The van der Waals surface area contributed by atoms with Crippen LogP contribution in [0.5, 0.6) is 0 Å². The second kappa shape index (κ2) is 5.20. The summed E-state index contributed by atoms with van der Waals surface area (Å²) >= 11 is 1.84. The number of nitrogens with one attached hydrogen (secondary N) is 1. The minimum absolute atomic E-state index is 0.186. The van der Waals surface area contributed by atoms with Crippen LogP contribution in [0.4, 0.5) is 0 Å². The zero-order valence-electron chi connectivity index (χ0n) is 9.55. The van der Waals surface area contributed by atoms with Gasteiger partial charge < -0.3 is 5.11 Å². The maximum Gasteiger partial charge on any atom is 0.116 e. The largest absolute Gasteiger partial charge is 0.396 e. The van der Waals surface area contributed by atoms with Gasteiger partial charge in [0.05, 0.1) is 6.07 Å². The number of nitriles is 1. The molecule has 1 saturated heterocycles. The first-order valence-electron chi connectivity index (χ1n) is 5.38. The summed E-state index contributed by atoms with van der Waals surface area (Å²) in [5.41, 5.74) is -0.160. The van der Waals surface area contributed by atoms with E-state index in [9.17, 15) is 5.26 Å². The number of hydrogen-bond donors (Lipinski definition) is 2. The van der Waals surface area contributed by atoms with Crippen LogP contribution in [0.1, 0.15) is 26.7 Å². The minimum Gasteiger partial charge on any atom is -0.396 e. The molecule has 0 aromatic heterocycles. The predicted molar refractivity (Wildman–Crippen MR) is 63.8 cm³/mol. The lowest BCUT2D eigenvalue weighted by Crippen LogP contribution is -2.52. The van der Waals surface area contributed by atoms with Crippen molar-refractivity contribution < 1.29 is 5.11 Å². The normalized spacial score (nSPS) is 29.7. The van der Waals surface area contributed by atoms with Gasteiger partial charge in [-0.05, 0) is 30.6 Å². The van der Waals surface area contributed by atoms with E-state index < -0.39 is 0 Å². The minimum atomic E-state index is -0.387. The molecule has 1 unspecified atom stereocenters. The van der Waals surface area contributed by atoms with E-state index in [4.69, 9.17) is 5.11 Å². The third kappa shape index (κ3) is 3.67. The first-order valence-corrected chi connectivity index (χ1v) is 6.54. The summed E-state index contributed by atoms with van der Waals surface area (Å²) in [6.45, 7) is 5.32. The Hall–Kier alpha value is -0.240. The van der Waals surface area contributed by atoms with Gasteiger partial charge in [-0.3, -0.25) is 5.32 Å². The summed E-state index contributed by atoms with van der Waals surface area (Å²) in [6, 6.07) is 2.42. The maximum atomic E-state index is 9.28. The smallest absolute Gasteiger partial charge is 0.116 e. The number of hydrogen-bond acceptors (Lipinski definition) is 4. The molecule has 0 aliphatic carbocycles. The van der Waals surface area contributed by atoms with Crippen molar-refractivity contribution in [1.29, 1.82) is 5.26 Å². The molecule has 1 aliphatic heterocycles. The lowest BCUT2D eigenvalue weighted by molar-refractivity contribution is 0.251. The highest BCUT2D eigenvalue weighted by atomic mass is 32.2. The van der Waals surface area contributed by atoms with E-state index in [1.54, 1.807) is 0 Å². The second-order valence-corrected chi connectivity index (χ2v) is 6.02. The van der Waals surface area contributed by atoms with E-state index >= 15 is 0 Å². The molecule has 0 aromatic carbocycles. The Labute approximate surface area is 96.2 Å². The van der Waals surface area contributed by atoms with Gasteiger partial charge in [0.25, 0.3) is 0 Å². The van der Waals surface area contributed by atoms with E-state index in [1.807, 2.05) is 11.8 Å². The highest BCUT2D eigenvalue weighted by Gasteiger charge is 2.40. The van der Waals surface area contributed by atoms with Gasteiger partial charge in [0, 0.05) is 12.4 Å². The monoisotopic (exact) mass is 228 g/mol. The van der Waals surface area contributed by atoms with Crippen LogP contribution in [0, 0.1) is 16.7 Å². The van der Waals surface area contributed by atoms with Crippen LogP contribution in [0.25, 0.3) is 0 Å². The molecule has 15 heavy (non-hydrogen) atoms. The molecule has 0 aromatic rings. The van der Waals surface area contributed by atoms with Crippen molar-refractivity contribution in [3.05, 3.63) is 0 Å². The molecule has 1 heterocycles. The Kier molecular flexibility index (Phi) is 4.45. The standard InChI is InChI=1S/C11H20N2OS/c1-10(2)6-11(7-12,9-15-8-10)13-4-3-5-14/h13-14H,3-6,8-9H2,1-2H3. The second-order valence-electron chi connectivity index (χ2n) is 5.03. The molecule has 0 spiro atoms. The van der Waals surface area contributed by atoms with Crippen LogP contribution in [0.15, 0.2) is 0 Å². The zero-order chi connectivity index (χ0) is 11.4. The molecular formula is C11H20N2OS. The summed E-state index contributed by atoms with van der Waals surface area (Å²) in [5, 5.41) is 21.3. The summed E-state index contributed by atoms with van der Waals surface area (Å²) in [4.78, 5) is 0. The highest BCUT2D eigenvalue weighted by molar-refractivity contribution is 7.99. The highest BCUT2D eigenvalue weighted by Crippen LogP contribution is 2.38. The first-order chi connectivity index (χ1) is 7.04. The van der Waals surface area contributed by atoms with E-state index in [1.165, 1.54) is 0 Å². The van der Waals surface area contributed by atoms with Crippen molar-refractivity contribution in [2.75, 3.05) is 24.7 Å². The van der Waals surface area contributed by atoms with Gasteiger partial charge in [0.15, 0.2) is 0 Å². The Morgan fingerprint density at radius 3 is 2.73 bits per heavy atom. The van der Waals surface area contributed by atoms with Crippen LogP contribution in [-0.4, -0.2) is 35.3 Å². The Morgan fingerprint density at radius 2 is 2.20 bits per heavy atom. The van der Waals surface area contributed by atoms with Crippen LogP contribution >= 0.6 is 11.8 Å². The van der Waals surface area contributed by atoms with Crippen molar-refractivity contribution in [2.24, 2.45) is 5.41 Å². The first kappa shape index (κ1) is 12.8. The average molecular weight is 228 g/mol. The van der Waals surface area contributed by atoms with Crippen molar-refractivity contribution in [3.63, 3.8) is 0 Å². The van der Waals surface area contributed by atoms with E-state index in [-0.39, 0.29) is 17.6 Å². The molecule has 0 bridgehead atoms. The predicted octanol–water partition coefficient (Wildman–Crippen LogP) is 1.38. The van der Waals surface area contributed by atoms with Gasteiger partial charge >= 0.3 is 0 Å². The molecule has 2 N–H and O–H groups in total. The Bertz CT molecular complexity index is 249. The summed E-state index contributed by atoms with van der Waals surface area (Å²) in [7, 11) is 0. The maximum absolute atomic E-state index is 9.28. The average Bonchev–Trinajstić information content (AvgIpc) is 2.17. The Morgan fingerprint density at radius 1 is 1.47 bits per heavy atom. The summed E-state index contributed by atoms with van der Waals surface area (Å²) in [6.07, 6.45) is 1.61. The molecule has 0 radical (unpaired) electrons.